The average molecular weight is 544 g/mol. The monoisotopic (exact) mass is 542 g/mol. The van der Waals surface area contributed by atoms with Crippen molar-refractivity contribution in [3.63, 3.8) is 0 Å². The van der Waals surface area contributed by atoms with Crippen molar-refractivity contribution in [2.24, 2.45) is 10.9 Å². The number of benzene rings is 2. The van der Waals surface area contributed by atoms with E-state index in [-0.39, 0.29) is 12.5 Å². The number of nitrogens with zero attached hydrogens (tertiary/aromatic N) is 1. The van der Waals surface area contributed by atoms with E-state index in [1.807, 2.05) is 55.5 Å². The van der Waals surface area contributed by atoms with E-state index in [9.17, 15) is 4.79 Å². The number of halogens is 1. The molecule has 0 saturated heterocycles. The van der Waals surface area contributed by atoms with Crippen LogP contribution in [0.15, 0.2) is 58.0 Å². The first-order valence-corrected chi connectivity index (χ1v) is 13.4. The fourth-order valence-electron chi connectivity index (χ4n) is 4.86. The Labute approximate surface area is 216 Å². The minimum absolute atomic E-state index is 0.0784. The van der Waals surface area contributed by atoms with Gasteiger partial charge in [-0.2, -0.15) is 0 Å². The maximum Gasteiger partial charge on any atom is 0.252 e. The Morgan fingerprint density at radius 1 is 1.17 bits per heavy atom. The van der Waals surface area contributed by atoms with Crippen LogP contribution < -0.4 is 10.1 Å². The first-order valence-electron chi connectivity index (χ1n) is 12.6. The summed E-state index contributed by atoms with van der Waals surface area (Å²) in [4.78, 5) is 18.7. The molecule has 1 saturated carbocycles. The van der Waals surface area contributed by atoms with Gasteiger partial charge in [-0.15, -0.1) is 0 Å². The largest absolute Gasteiger partial charge is 0.494 e. The standard InChI is InChI=1S/C28H35BrN2O4/c1-20-28(18-23-10-5-6-11-25(23)29,27(33)30-19-21-8-3-2-4-9-21)31-26(35-20)22-12-14-24(15-13-22)34-17-7-16-32/h5-6,10-15,20-21,32H,2-4,7-9,16-19H2,1H3,(H,30,33)/t20-,28-/m1/s1. The highest BCUT2D eigenvalue weighted by Gasteiger charge is 2.50. The zero-order valence-corrected chi connectivity index (χ0v) is 21.9. The van der Waals surface area contributed by atoms with Gasteiger partial charge in [0.25, 0.3) is 5.91 Å². The molecule has 0 radical (unpaired) electrons. The number of carbonyl (C=O) groups is 1. The molecule has 2 atom stereocenters. The summed E-state index contributed by atoms with van der Waals surface area (Å²) in [5.41, 5.74) is 0.776. The van der Waals surface area contributed by atoms with E-state index in [1.54, 1.807) is 0 Å². The minimum atomic E-state index is -1.05. The number of aliphatic hydroxyl groups is 1. The highest BCUT2D eigenvalue weighted by Crippen LogP contribution is 2.35. The van der Waals surface area contributed by atoms with Crippen LogP contribution in [0.3, 0.4) is 0 Å². The fraction of sp³-hybridized carbons (Fsp3) is 0.500. The molecule has 0 bridgehead atoms. The van der Waals surface area contributed by atoms with Gasteiger partial charge >= 0.3 is 0 Å². The lowest BCUT2D eigenvalue weighted by molar-refractivity contribution is -0.128. The second-order valence-electron chi connectivity index (χ2n) is 9.53. The van der Waals surface area contributed by atoms with Gasteiger partial charge < -0.3 is 19.9 Å². The summed E-state index contributed by atoms with van der Waals surface area (Å²) in [5, 5.41) is 12.2. The molecule has 0 unspecified atom stereocenters. The van der Waals surface area contributed by atoms with Crippen LogP contribution in [0.4, 0.5) is 0 Å². The molecule has 0 aromatic heterocycles. The van der Waals surface area contributed by atoms with E-state index in [0.717, 1.165) is 21.3 Å². The zero-order valence-electron chi connectivity index (χ0n) is 20.3. The van der Waals surface area contributed by atoms with Gasteiger partial charge in [-0.3, -0.25) is 4.79 Å². The van der Waals surface area contributed by atoms with Gasteiger partial charge in [0.05, 0.1) is 6.61 Å². The molecule has 2 aliphatic rings. The Bertz CT molecular complexity index is 1020. The van der Waals surface area contributed by atoms with Gasteiger partial charge in [0.2, 0.25) is 5.90 Å². The molecular formula is C28H35BrN2O4. The lowest BCUT2D eigenvalue weighted by Gasteiger charge is -2.30. The summed E-state index contributed by atoms with van der Waals surface area (Å²) in [7, 11) is 0. The average Bonchev–Trinajstić information content (AvgIpc) is 3.22. The Kier molecular flexibility index (Phi) is 8.84. The van der Waals surface area contributed by atoms with Crippen LogP contribution in [0.25, 0.3) is 0 Å². The van der Waals surface area contributed by atoms with Gasteiger partial charge in [-0.25, -0.2) is 4.99 Å². The molecule has 1 amide bonds. The van der Waals surface area contributed by atoms with Crippen LogP contribution >= 0.6 is 15.9 Å². The summed E-state index contributed by atoms with van der Waals surface area (Å²) in [6.07, 6.45) is 6.72. The molecule has 6 nitrogen and oxygen atoms in total. The van der Waals surface area contributed by atoms with Crippen LogP contribution in [-0.2, 0) is 16.0 Å². The van der Waals surface area contributed by atoms with Crippen LogP contribution in [0.5, 0.6) is 5.75 Å². The topological polar surface area (TPSA) is 80.2 Å². The quantitative estimate of drug-likeness (QED) is 0.411. The van der Waals surface area contributed by atoms with E-state index >= 15 is 0 Å². The van der Waals surface area contributed by atoms with Crippen molar-refractivity contribution < 1.29 is 19.4 Å². The van der Waals surface area contributed by atoms with Crippen LogP contribution in [0.2, 0.25) is 0 Å². The van der Waals surface area contributed by atoms with Crippen LogP contribution in [-0.4, -0.2) is 48.3 Å². The molecule has 7 heteroatoms. The summed E-state index contributed by atoms with van der Waals surface area (Å²) in [6.45, 7) is 3.18. The molecule has 1 aliphatic heterocycles. The van der Waals surface area contributed by atoms with E-state index in [1.165, 1.54) is 32.1 Å². The molecule has 35 heavy (non-hydrogen) atoms. The number of aliphatic imine (C=N–C) groups is 1. The molecule has 2 aromatic carbocycles. The summed E-state index contributed by atoms with van der Waals surface area (Å²) in [5.74, 6) is 1.65. The Balaban J connectivity index is 1.57. The van der Waals surface area contributed by atoms with Gasteiger partial charge in [0.1, 0.15) is 11.9 Å². The molecule has 1 fully saturated rings. The van der Waals surface area contributed by atoms with Gasteiger partial charge in [0.15, 0.2) is 5.54 Å². The van der Waals surface area contributed by atoms with Crippen LogP contribution in [0, 0.1) is 5.92 Å². The predicted octanol–water partition coefficient (Wildman–Crippen LogP) is 5.05. The van der Waals surface area contributed by atoms with Crippen molar-refractivity contribution in [1.82, 2.24) is 5.32 Å². The maximum absolute atomic E-state index is 13.8. The number of hydrogen-bond donors (Lipinski definition) is 2. The first-order chi connectivity index (χ1) is 17.0. The Morgan fingerprint density at radius 3 is 2.63 bits per heavy atom. The smallest absolute Gasteiger partial charge is 0.252 e. The van der Waals surface area contributed by atoms with Gasteiger partial charge in [0, 0.05) is 36.0 Å². The number of ether oxygens (including phenoxy) is 2. The minimum Gasteiger partial charge on any atom is -0.494 e. The fourth-order valence-corrected chi connectivity index (χ4v) is 5.28. The second kappa shape index (κ2) is 12.0. The van der Waals surface area contributed by atoms with E-state index in [0.29, 0.717) is 37.8 Å². The predicted molar refractivity (Wildman–Crippen MR) is 141 cm³/mol. The van der Waals surface area contributed by atoms with Crippen molar-refractivity contribution in [1.29, 1.82) is 0 Å². The van der Waals surface area contributed by atoms with E-state index in [2.05, 4.69) is 21.2 Å². The molecule has 0 spiro atoms. The summed E-state index contributed by atoms with van der Waals surface area (Å²) >= 11 is 3.64. The van der Waals surface area contributed by atoms with Gasteiger partial charge in [-0.1, -0.05) is 53.4 Å². The summed E-state index contributed by atoms with van der Waals surface area (Å²) < 4.78 is 12.8. The molecule has 2 N–H and O–H groups in total. The molecule has 188 valence electrons. The first kappa shape index (κ1) is 25.7. The molecule has 1 heterocycles. The number of aliphatic hydroxyl groups excluding tert-OH is 1. The number of hydrogen-bond acceptors (Lipinski definition) is 5. The third-order valence-corrected chi connectivity index (χ3v) is 7.80. The number of nitrogens with one attached hydrogen (secondary N) is 1. The number of rotatable bonds is 10. The van der Waals surface area contributed by atoms with Gasteiger partial charge in [-0.05, 0) is 61.6 Å². The molecule has 2 aromatic rings. The lowest BCUT2D eigenvalue weighted by atomic mass is 9.85. The zero-order chi connectivity index (χ0) is 24.7. The molecule has 1 aliphatic carbocycles. The van der Waals surface area contributed by atoms with Crippen LogP contribution in [0.1, 0.15) is 56.6 Å². The normalized spacial score (nSPS) is 22.4. The highest BCUT2D eigenvalue weighted by atomic mass is 79.9. The number of amides is 1. The van der Waals surface area contributed by atoms with E-state index in [4.69, 9.17) is 19.6 Å². The highest BCUT2D eigenvalue weighted by molar-refractivity contribution is 9.10. The summed E-state index contributed by atoms with van der Waals surface area (Å²) in [6, 6.07) is 15.5. The van der Waals surface area contributed by atoms with Crippen molar-refractivity contribution in [2.75, 3.05) is 19.8 Å². The van der Waals surface area contributed by atoms with Crippen molar-refractivity contribution >= 4 is 27.7 Å². The number of carbonyl (C=O) groups excluding carboxylic acids is 1. The lowest BCUT2D eigenvalue weighted by Crippen LogP contribution is -2.53. The Hall–Kier alpha value is -2.38. The Morgan fingerprint density at radius 2 is 1.91 bits per heavy atom. The van der Waals surface area contributed by atoms with Crippen molar-refractivity contribution in [3.05, 3.63) is 64.1 Å². The third kappa shape index (κ3) is 6.25. The third-order valence-electron chi connectivity index (χ3n) is 7.02. The molecular weight excluding hydrogens is 508 g/mol. The molecule has 4 rings (SSSR count). The van der Waals surface area contributed by atoms with Crippen molar-refractivity contribution in [3.8, 4) is 5.75 Å². The van der Waals surface area contributed by atoms with Crippen molar-refractivity contribution in [2.45, 2.75) is 63.5 Å². The maximum atomic E-state index is 13.8. The SMILES string of the molecule is C[C@H]1OC(c2ccc(OCCCO)cc2)=N[C@@]1(Cc1ccccc1Br)C(=O)NCC1CCCCC1. The van der Waals surface area contributed by atoms with E-state index < -0.39 is 11.6 Å². The second-order valence-corrected chi connectivity index (χ2v) is 10.4.